The number of aromatic nitrogens is 8. The minimum Gasteiger partial charge on any atom is -0.328 e. The van der Waals surface area contributed by atoms with Gasteiger partial charge in [0.25, 0.3) is 5.56 Å². The lowest BCUT2D eigenvalue weighted by atomic mass is 10.2. The van der Waals surface area contributed by atoms with Crippen LogP contribution < -0.4 is 16.6 Å². The Balaban J connectivity index is 1.65. The average molecular weight is 413 g/mol. The first-order valence-electron chi connectivity index (χ1n) is 8.73. The standard InChI is InChI=1S/C17H16FN9O3/c1-9-21-22-23-27(9)12-6-10(4-5-11(12)18)20-13(28)7-26-16(29)14-15(19-8-24(14)2)25(3)17(26)30/h4-6,8H,7H2,1-3H3,(H,20,28). The molecule has 0 saturated heterocycles. The van der Waals surface area contributed by atoms with E-state index in [0.717, 1.165) is 10.6 Å². The topological polar surface area (TPSA) is 135 Å². The second kappa shape index (κ2) is 7.02. The van der Waals surface area contributed by atoms with E-state index in [9.17, 15) is 18.8 Å². The van der Waals surface area contributed by atoms with Gasteiger partial charge < -0.3 is 9.88 Å². The van der Waals surface area contributed by atoms with Crippen LogP contribution in [0.2, 0.25) is 0 Å². The van der Waals surface area contributed by atoms with Gasteiger partial charge in [-0.15, -0.1) is 5.10 Å². The predicted octanol–water partition coefficient (Wildman–Crippen LogP) is -0.504. The first-order valence-corrected chi connectivity index (χ1v) is 8.73. The van der Waals surface area contributed by atoms with Crippen LogP contribution in [-0.2, 0) is 25.4 Å². The molecule has 0 aliphatic carbocycles. The molecular formula is C17H16FN9O3. The van der Waals surface area contributed by atoms with E-state index >= 15 is 0 Å². The van der Waals surface area contributed by atoms with Crippen molar-refractivity contribution < 1.29 is 9.18 Å². The van der Waals surface area contributed by atoms with Crippen molar-refractivity contribution in [2.75, 3.05) is 5.32 Å². The summed E-state index contributed by atoms with van der Waals surface area (Å²) in [4.78, 5) is 41.8. The number of rotatable bonds is 4. The number of nitrogens with one attached hydrogen (secondary N) is 1. The van der Waals surface area contributed by atoms with Gasteiger partial charge in [0.15, 0.2) is 17.0 Å². The van der Waals surface area contributed by atoms with E-state index in [0.29, 0.717) is 5.82 Å². The maximum Gasteiger partial charge on any atom is 0.332 e. The number of imidazole rings is 1. The monoisotopic (exact) mass is 413 g/mol. The molecule has 13 heteroatoms. The van der Waals surface area contributed by atoms with Crippen molar-refractivity contribution in [3.8, 4) is 5.69 Å². The van der Waals surface area contributed by atoms with Gasteiger partial charge in [0.1, 0.15) is 18.0 Å². The lowest BCUT2D eigenvalue weighted by Crippen LogP contribution is -2.42. The molecule has 4 aromatic rings. The van der Waals surface area contributed by atoms with Crippen LogP contribution in [-0.4, -0.2) is 44.8 Å². The first-order chi connectivity index (χ1) is 14.3. The third kappa shape index (κ3) is 3.05. The number of tetrazole rings is 1. The quantitative estimate of drug-likeness (QED) is 0.476. The van der Waals surface area contributed by atoms with Crippen molar-refractivity contribution in [1.29, 1.82) is 0 Å². The van der Waals surface area contributed by atoms with Crippen molar-refractivity contribution in [2.45, 2.75) is 13.5 Å². The molecule has 0 radical (unpaired) electrons. The maximum absolute atomic E-state index is 14.2. The van der Waals surface area contributed by atoms with Gasteiger partial charge in [-0.2, -0.15) is 4.68 Å². The van der Waals surface area contributed by atoms with E-state index in [1.54, 1.807) is 14.0 Å². The summed E-state index contributed by atoms with van der Waals surface area (Å²) in [6, 6.07) is 3.85. The van der Waals surface area contributed by atoms with Crippen LogP contribution in [0.15, 0.2) is 34.1 Å². The van der Waals surface area contributed by atoms with Gasteiger partial charge in [-0.05, 0) is 35.5 Å². The highest BCUT2D eigenvalue weighted by atomic mass is 19.1. The Bertz CT molecular complexity index is 1410. The minimum absolute atomic E-state index is 0.0414. The van der Waals surface area contributed by atoms with Crippen LogP contribution in [0.1, 0.15) is 5.82 Å². The number of carbonyl (C=O) groups is 1. The van der Waals surface area contributed by atoms with Crippen LogP contribution in [0.25, 0.3) is 16.9 Å². The highest BCUT2D eigenvalue weighted by Gasteiger charge is 2.18. The van der Waals surface area contributed by atoms with Crippen LogP contribution in [0, 0.1) is 12.7 Å². The highest BCUT2D eigenvalue weighted by Crippen LogP contribution is 2.18. The number of benzene rings is 1. The number of carbonyl (C=O) groups excluding carboxylic acids is 1. The summed E-state index contributed by atoms with van der Waals surface area (Å²) in [6.45, 7) is 1.07. The molecule has 0 atom stereocenters. The van der Waals surface area contributed by atoms with Crippen LogP contribution in [0.3, 0.4) is 0 Å². The van der Waals surface area contributed by atoms with Gasteiger partial charge in [0.05, 0.1) is 6.33 Å². The lowest BCUT2D eigenvalue weighted by molar-refractivity contribution is -0.116. The summed E-state index contributed by atoms with van der Waals surface area (Å²) < 4.78 is 18.8. The van der Waals surface area contributed by atoms with Crippen LogP contribution >= 0.6 is 0 Å². The predicted molar refractivity (Wildman–Crippen MR) is 103 cm³/mol. The third-order valence-electron chi connectivity index (χ3n) is 4.59. The molecule has 1 amide bonds. The van der Waals surface area contributed by atoms with Crippen LogP contribution in [0.4, 0.5) is 10.1 Å². The second-order valence-corrected chi connectivity index (χ2v) is 6.61. The van der Waals surface area contributed by atoms with E-state index < -0.39 is 29.5 Å². The van der Waals surface area contributed by atoms with Crippen molar-refractivity contribution in [2.24, 2.45) is 14.1 Å². The normalized spacial score (nSPS) is 11.2. The number of nitrogens with zero attached hydrogens (tertiary/aromatic N) is 8. The molecule has 3 aromatic heterocycles. The zero-order valence-electron chi connectivity index (χ0n) is 16.2. The fourth-order valence-electron chi connectivity index (χ4n) is 3.09. The second-order valence-electron chi connectivity index (χ2n) is 6.61. The number of aryl methyl sites for hydroxylation is 3. The lowest BCUT2D eigenvalue weighted by Gasteiger charge is -2.11. The van der Waals surface area contributed by atoms with Gasteiger partial charge in [0.2, 0.25) is 5.91 Å². The van der Waals surface area contributed by atoms with E-state index in [-0.39, 0.29) is 22.5 Å². The van der Waals surface area contributed by atoms with Gasteiger partial charge in [0, 0.05) is 19.8 Å². The molecule has 0 spiro atoms. The summed E-state index contributed by atoms with van der Waals surface area (Å²) in [5.74, 6) is -0.867. The zero-order valence-corrected chi connectivity index (χ0v) is 16.2. The highest BCUT2D eigenvalue weighted by molar-refractivity contribution is 5.91. The van der Waals surface area contributed by atoms with Gasteiger partial charge in [-0.1, -0.05) is 0 Å². The van der Waals surface area contributed by atoms with Crippen molar-refractivity contribution in [1.82, 2.24) is 38.9 Å². The number of amides is 1. The maximum atomic E-state index is 14.2. The fourth-order valence-corrected chi connectivity index (χ4v) is 3.09. The van der Waals surface area contributed by atoms with Crippen molar-refractivity contribution in [3.63, 3.8) is 0 Å². The molecular weight excluding hydrogens is 397 g/mol. The van der Waals surface area contributed by atoms with E-state index in [2.05, 4.69) is 25.8 Å². The number of halogens is 1. The van der Waals surface area contributed by atoms with E-state index in [4.69, 9.17) is 0 Å². The smallest absolute Gasteiger partial charge is 0.328 e. The first kappa shape index (κ1) is 19.2. The SMILES string of the molecule is Cc1nnnn1-c1cc(NC(=O)Cn2c(=O)c3c(ncn3C)n(C)c2=O)ccc1F. The Morgan fingerprint density at radius 2 is 2.00 bits per heavy atom. The molecule has 0 fully saturated rings. The van der Waals surface area contributed by atoms with Gasteiger partial charge >= 0.3 is 5.69 Å². The molecule has 0 aliphatic heterocycles. The molecule has 30 heavy (non-hydrogen) atoms. The molecule has 1 N–H and O–H groups in total. The molecule has 0 saturated carbocycles. The molecule has 0 unspecified atom stereocenters. The Hall–Kier alpha value is -4.16. The minimum atomic E-state index is -0.676. The Morgan fingerprint density at radius 3 is 2.70 bits per heavy atom. The summed E-state index contributed by atoms with van der Waals surface area (Å²) in [6.07, 6.45) is 1.41. The average Bonchev–Trinajstić information content (AvgIpc) is 3.31. The molecule has 4 rings (SSSR count). The third-order valence-corrected chi connectivity index (χ3v) is 4.59. The Morgan fingerprint density at radius 1 is 1.23 bits per heavy atom. The molecule has 0 aliphatic rings. The van der Waals surface area contributed by atoms with Gasteiger partial charge in [-0.25, -0.2) is 18.7 Å². The summed E-state index contributed by atoms with van der Waals surface area (Å²) in [5, 5.41) is 13.4. The largest absolute Gasteiger partial charge is 0.332 e. The van der Waals surface area contributed by atoms with Gasteiger partial charge in [-0.3, -0.25) is 14.2 Å². The van der Waals surface area contributed by atoms with Crippen molar-refractivity contribution >= 4 is 22.8 Å². The number of hydrogen-bond acceptors (Lipinski definition) is 7. The number of fused-ring (bicyclic) bond motifs is 1. The molecule has 12 nitrogen and oxygen atoms in total. The Kier molecular flexibility index (Phi) is 4.49. The molecule has 1 aromatic carbocycles. The molecule has 154 valence electrons. The summed E-state index contributed by atoms with van der Waals surface area (Å²) >= 11 is 0. The molecule has 3 heterocycles. The Labute approximate surface area is 167 Å². The van der Waals surface area contributed by atoms with E-state index in [1.807, 2.05) is 0 Å². The zero-order chi connectivity index (χ0) is 21.6. The number of anilines is 1. The number of hydrogen-bond donors (Lipinski definition) is 1. The van der Waals surface area contributed by atoms with Crippen molar-refractivity contribution in [3.05, 3.63) is 57.0 Å². The van der Waals surface area contributed by atoms with E-state index in [1.165, 1.54) is 39.3 Å². The van der Waals surface area contributed by atoms with Crippen LogP contribution in [0.5, 0.6) is 0 Å². The summed E-state index contributed by atoms with van der Waals surface area (Å²) in [5.41, 5.74) is -0.595. The summed E-state index contributed by atoms with van der Waals surface area (Å²) in [7, 11) is 3.08. The molecule has 0 bridgehead atoms. The fraction of sp³-hybridized carbons (Fsp3) is 0.235.